The summed E-state index contributed by atoms with van der Waals surface area (Å²) in [5.74, 6) is -0.415. The van der Waals surface area contributed by atoms with Gasteiger partial charge in [-0.05, 0) is 72.9 Å². The van der Waals surface area contributed by atoms with Crippen LogP contribution < -0.4 is 5.32 Å². The number of aromatic amines is 1. The average molecular weight is 560 g/mol. The van der Waals surface area contributed by atoms with Crippen LogP contribution in [-0.4, -0.2) is 37.4 Å². The Kier molecular flexibility index (Phi) is 7.23. The highest BCUT2D eigenvalue weighted by Gasteiger charge is 2.30. The van der Waals surface area contributed by atoms with Gasteiger partial charge in [0.2, 0.25) is 11.8 Å². The molecule has 9 heteroatoms. The number of hydrogen-bond donors (Lipinski definition) is 3. The number of aromatic carboxylic acids is 1. The Labute approximate surface area is 242 Å². The van der Waals surface area contributed by atoms with Gasteiger partial charge in [-0.25, -0.2) is 4.79 Å². The number of rotatable bonds is 8. The fourth-order valence-electron chi connectivity index (χ4n) is 5.35. The van der Waals surface area contributed by atoms with Gasteiger partial charge in [-0.3, -0.25) is 9.89 Å². The van der Waals surface area contributed by atoms with E-state index in [1.54, 1.807) is 36.4 Å². The molecule has 2 aromatic heterocycles. The number of nitrogens with zero attached hydrogens (tertiary/aromatic N) is 3. The molecule has 42 heavy (non-hydrogen) atoms. The second kappa shape index (κ2) is 11.3. The molecule has 0 spiro atoms. The normalized spacial score (nSPS) is 14.6. The van der Waals surface area contributed by atoms with E-state index < -0.39 is 5.97 Å². The average Bonchev–Trinajstić information content (AvgIpc) is 3.64. The van der Waals surface area contributed by atoms with Crippen molar-refractivity contribution in [2.75, 3.05) is 0 Å². The van der Waals surface area contributed by atoms with Crippen molar-refractivity contribution in [2.24, 2.45) is 0 Å². The van der Waals surface area contributed by atoms with E-state index in [2.05, 4.69) is 38.7 Å². The number of fused-ring (bicyclic) bond motifs is 1. The van der Waals surface area contributed by atoms with E-state index in [1.165, 1.54) is 5.56 Å². The van der Waals surface area contributed by atoms with E-state index in [-0.39, 0.29) is 17.5 Å². The smallest absolute Gasteiger partial charge is 0.335 e. The lowest BCUT2D eigenvalue weighted by atomic mass is 9.86. The molecule has 210 valence electrons. The van der Waals surface area contributed by atoms with Crippen molar-refractivity contribution >= 4 is 24.0 Å². The number of H-pyrrole nitrogens is 1. The van der Waals surface area contributed by atoms with Crippen LogP contribution in [0, 0.1) is 6.92 Å². The highest BCUT2D eigenvalue weighted by molar-refractivity contribution is 5.98. The van der Waals surface area contributed by atoms with Crippen LogP contribution >= 0.6 is 0 Å². The minimum Gasteiger partial charge on any atom is -0.478 e. The van der Waals surface area contributed by atoms with Crippen molar-refractivity contribution in [1.82, 2.24) is 25.7 Å². The topological polar surface area (TPSA) is 134 Å². The van der Waals surface area contributed by atoms with Crippen molar-refractivity contribution in [1.29, 1.82) is 0 Å². The van der Waals surface area contributed by atoms with Crippen LogP contribution in [0.5, 0.6) is 0 Å². The van der Waals surface area contributed by atoms with Crippen LogP contribution in [0.4, 0.5) is 0 Å². The van der Waals surface area contributed by atoms with Gasteiger partial charge in [0.1, 0.15) is 0 Å². The van der Waals surface area contributed by atoms with Crippen LogP contribution in [0.3, 0.4) is 0 Å². The Bertz CT molecular complexity index is 1800. The Balaban J connectivity index is 1.38. The van der Waals surface area contributed by atoms with Crippen LogP contribution in [0.25, 0.3) is 34.7 Å². The monoisotopic (exact) mass is 559 g/mol. The van der Waals surface area contributed by atoms with Gasteiger partial charge in [0.15, 0.2) is 0 Å². The maximum atomic E-state index is 13.2. The number of aromatic nitrogens is 4. The molecule has 3 N–H and O–H groups in total. The first-order valence-corrected chi connectivity index (χ1v) is 13.8. The summed E-state index contributed by atoms with van der Waals surface area (Å²) in [5.41, 5.74) is 7.88. The fraction of sp³-hybridized carbons (Fsp3) is 0.182. The summed E-state index contributed by atoms with van der Waals surface area (Å²) in [6, 6.07) is 20.0. The molecule has 0 radical (unpaired) electrons. The lowest BCUT2D eigenvalue weighted by Gasteiger charge is -2.27. The predicted molar refractivity (Wildman–Crippen MR) is 159 cm³/mol. The van der Waals surface area contributed by atoms with Gasteiger partial charge in [0, 0.05) is 22.8 Å². The van der Waals surface area contributed by atoms with Gasteiger partial charge < -0.3 is 14.8 Å². The quantitative estimate of drug-likeness (QED) is 0.204. The van der Waals surface area contributed by atoms with Crippen LogP contribution in [0.1, 0.15) is 74.1 Å². The fourth-order valence-corrected chi connectivity index (χ4v) is 5.35. The molecule has 6 rings (SSSR count). The molecular formula is C33H29N5O4. The third-order valence-electron chi connectivity index (χ3n) is 7.46. The Morgan fingerprint density at radius 2 is 1.79 bits per heavy atom. The molecular weight excluding hydrogens is 530 g/mol. The van der Waals surface area contributed by atoms with Crippen molar-refractivity contribution in [3.05, 3.63) is 112 Å². The number of carboxylic acids is 1. The second-order valence-electron chi connectivity index (χ2n) is 10.3. The third kappa shape index (κ3) is 5.24. The maximum absolute atomic E-state index is 13.2. The van der Waals surface area contributed by atoms with Crippen LogP contribution in [-0.2, 0) is 12.8 Å². The molecule has 0 fully saturated rings. The number of aryl methyl sites for hydroxylation is 2. The van der Waals surface area contributed by atoms with E-state index in [9.17, 15) is 14.7 Å². The minimum atomic E-state index is -1.01. The van der Waals surface area contributed by atoms with Crippen molar-refractivity contribution < 1.29 is 19.1 Å². The first-order chi connectivity index (χ1) is 20.4. The number of carboxylic acid groups (broad SMARTS) is 1. The molecule has 0 saturated carbocycles. The summed E-state index contributed by atoms with van der Waals surface area (Å²) in [6.45, 7) is 4.14. The lowest BCUT2D eigenvalue weighted by molar-refractivity contribution is 0.0696. The van der Waals surface area contributed by atoms with E-state index in [1.807, 2.05) is 43.3 Å². The summed E-state index contributed by atoms with van der Waals surface area (Å²) in [4.78, 5) is 24.7. The van der Waals surface area contributed by atoms with Crippen LogP contribution in [0.2, 0.25) is 0 Å². The number of carbonyl (C=O) groups excluding carboxylic acids is 1. The number of carbonyl (C=O) groups is 2. The lowest BCUT2D eigenvalue weighted by Crippen LogP contribution is -2.36. The summed E-state index contributed by atoms with van der Waals surface area (Å²) in [6.07, 6.45) is 5.93. The molecule has 1 unspecified atom stereocenters. The van der Waals surface area contributed by atoms with E-state index in [0.717, 1.165) is 46.4 Å². The zero-order valence-electron chi connectivity index (χ0n) is 23.2. The van der Waals surface area contributed by atoms with E-state index in [0.29, 0.717) is 29.5 Å². The Hall–Kier alpha value is -5.31. The highest BCUT2D eigenvalue weighted by atomic mass is 16.4. The molecule has 0 aliphatic carbocycles. The molecule has 3 aromatic carbocycles. The Morgan fingerprint density at radius 1 is 1.02 bits per heavy atom. The van der Waals surface area contributed by atoms with Gasteiger partial charge in [-0.1, -0.05) is 55.3 Å². The number of amides is 1. The van der Waals surface area contributed by atoms with Gasteiger partial charge in [0.25, 0.3) is 5.91 Å². The minimum absolute atomic E-state index is 0.132. The zero-order chi connectivity index (χ0) is 29.2. The third-order valence-corrected chi connectivity index (χ3v) is 7.46. The predicted octanol–water partition coefficient (Wildman–Crippen LogP) is 6.28. The first kappa shape index (κ1) is 26.9. The first-order valence-electron chi connectivity index (χ1n) is 13.8. The van der Waals surface area contributed by atoms with Gasteiger partial charge in [-0.2, -0.15) is 5.10 Å². The van der Waals surface area contributed by atoms with E-state index in [4.69, 9.17) is 4.42 Å². The maximum Gasteiger partial charge on any atom is 0.335 e. The summed E-state index contributed by atoms with van der Waals surface area (Å²) < 4.78 is 5.86. The number of nitrogens with one attached hydrogen (secondary N) is 2. The zero-order valence-corrected chi connectivity index (χ0v) is 23.2. The molecule has 1 amide bonds. The highest BCUT2D eigenvalue weighted by Crippen LogP contribution is 2.36. The summed E-state index contributed by atoms with van der Waals surface area (Å²) >= 11 is 0. The van der Waals surface area contributed by atoms with Crippen LogP contribution in [0.15, 0.2) is 71.1 Å². The molecule has 1 aliphatic heterocycles. The van der Waals surface area contributed by atoms with Gasteiger partial charge in [0.05, 0.1) is 23.0 Å². The van der Waals surface area contributed by atoms with Crippen molar-refractivity contribution in [2.45, 2.75) is 39.2 Å². The second-order valence-corrected chi connectivity index (χ2v) is 10.3. The summed E-state index contributed by atoms with van der Waals surface area (Å²) in [7, 11) is 0. The molecule has 3 heterocycles. The summed E-state index contributed by atoms with van der Waals surface area (Å²) in [5, 5.41) is 28.6. The molecule has 5 aromatic rings. The SMILES string of the molecule is CCCc1cccc2c1CC(c1[nH]nc(/C=C/c3nnc(-c4ccc(C)cc4)o3)c1-c1ccc(C(=O)O)cc1)NC2=O. The van der Waals surface area contributed by atoms with Crippen molar-refractivity contribution in [3.63, 3.8) is 0 Å². The van der Waals surface area contributed by atoms with Gasteiger partial charge >= 0.3 is 5.97 Å². The molecule has 1 atom stereocenters. The molecule has 1 aliphatic rings. The molecule has 0 bridgehead atoms. The molecule has 9 nitrogen and oxygen atoms in total. The van der Waals surface area contributed by atoms with Crippen molar-refractivity contribution in [3.8, 4) is 22.6 Å². The number of hydrogen-bond acceptors (Lipinski definition) is 6. The molecule has 0 saturated heterocycles. The Morgan fingerprint density at radius 3 is 2.52 bits per heavy atom. The number of benzene rings is 3. The standard InChI is InChI=1S/C33H29N5O4/c1-3-5-20-6-4-7-24-25(20)18-27(34-31(24)39)30-29(21-12-14-23(15-13-21)33(40)41)26(35-37-30)16-17-28-36-38-32(42-28)22-10-8-19(2)9-11-22/h4,6-17,27H,3,5,18H2,1-2H3,(H,34,39)(H,35,37)(H,40,41)/b17-16+. The van der Waals surface area contributed by atoms with Gasteiger partial charge in [-0.15, -0.1) is 10.2 Å². The van der Waals surface area contributed by atoms with E-state index >= 15 is 0 Å². The largest absolute Gasteiger partial charge is 0.478 e.